The van der Waals surface area contributed by atoms with Crippen molar-refractivity contribution in [3.05, 3.63) is 51.9 Å². The first kappa shape index (κ1) is 16.2. The number of halogens is 4. The van der Waals surface area contributed by atoms with E-state index >= 15 is 0 Å². The molecule has 0 radical (unpaired) electrons. The van der Waals surface area contributed by atoms with Gasteiger partial charge in [0.1, 0.15) is 15.8 Å². The topological polar surface area (TPSA) is 39.2 Å². The van der Waals surface area contributed by atoms with Crippen LogP contribution in [0.25, 0.3) is 11.3 Å². The largest absolute Gasteiger partial charge is 0.468 e. The Labute approximate surface area is 139 Å². The number of pyridine rings is 1. The van der Waals surface area contributed by atoms with Crippen molar-refractivity contribution < 1.29 is 13.9 Å². The van der Waals surface area contributed by atoms with Crippen LogP contribution in [0.5, 0.6) is 0 Å². The number of benzene rings is 1. The van der Waals surface area contributed by atoms with Gasteiger partial charge in [-0.2, -0.15) is 0 Å². The van der Waals surface area contributed by atoms with Gasteiger partial charge in [-0.3, -0.25) is 4.79 Å². The SMILES string of the molecule is COC(=O)C(Br)c1cc(Cl)nc(-c2ccc(F)c(Cl)c2)c1. The minimum absolute atomic E-state index is 0.0146. The summed E-state index contributed by atoms with van der Waals surface area (Å²) >= 11 is 15.0. The predicted octanol–water partition coefficient (Wildman–Crippen LogP) is 4.80. The van der Waals surface area contributed by atoms with Gasteiger partial charge in [0.05, 0.1) is 17.8 Å². The number of methoxy groups -OCH3 is 1. The molecule has 1 atom stereocenters. The van der Waals surface area contributed by atoms with Gasteiger partial charge >= 0.3 is 5.97 Å². The average Bonchev–Trinajstić information content (AvgIpc) is 2.47. The molecule has 0 aliphatic rings. The Bertz CT molecular complexity index is 697. The van der Waals surface area contributed by atoms with Crippen molar-refractivity contribution >= 4 is 45.1 Å². The summed E-state index contributed by atoms with van der Waals surface area (Å²) in [4.78, 5) is 15.1. The van der Waals surface area contributed by atoms with Crippen LogP contribution in [-0.4, -0.2) is 18.1 Å². The van der Waals surface area contributed by atoms with Crippen LogP contribution in [-0.2, 0) is 9.53 Å². The van der Waals surface area contributed by atoms with Crippen molar-refractivity contribution in [2.24, 2.45) is 0 Å². The smallest absolute Gasteiger partial charge is 0.324 e. The highest BCUT2D eigenvalue weighted by molar-refractivity contribution is 9.09. The van der Waals surface area contributed by atoms with E-state index in [0.29, 0.717) is 16.8 Å². The molecule has 0 saturated carbocycles. The molecule has 0 fully saturated rings. The number of esters is 1. The van der Waals surface area contributed by atoms with E-state index < -0.39 is 16.6 Å². The number of ether oxygens (including phenoxy) is 1. The number of carbonyl (C=O) groups is 1. The fourth-order valence-electron chi connectivity index (χ4n) is 1.71. The van der Waals surface area contributed by atoms with Crippen LogP contribution in [0.15, 0.2) is 30.3 Å². The van der Waals surface area contributed by atoms with E-state index in [4.69, 9.17) is 23.2 Å². The number of hydrogen-bond donors (Lipinski definition) is 0. The molecule has 21 heavy (non-hydrogen) atoms. The monoisotopic (exact) mass is 391 g/mol. The zero-order valence-electron chi connectivity index (χ0n) is 10.7. The second-order valence-electron chi connectivity index (χ2n) is 4.12. The van der Waals surface area contributed by atoms with Gasteiger partial charge in [-0.25, -0.2) is 9.37 Å². The quantitative estimate of drug-likeness (QED) is 0.427. The molecule has 110 valence electrons. The van der Waals surface area contributed by atoms with E-state index in [1.165, 1.54) is 25.3 Å². The van der Waals surface area contributed by atoms with Gasteiger partial charge in [0.25, 0.3) is 0 Å². The highest BCUT2D eigenvalue weighted by Gasteiger charge is 2.19. The van der Waals surface area contributed by atoms with Gasteiger partial charge in [0.2, 0.25) is 0 Å². The standard InChI is InChI=1S/C14H9BrCl2FNO2/c1-21-14(20)13(15)8-5-11(19-12(17)6-8)7-2-3-10(18)9(16)4-7/h2-6,13H,1H3. The maximum absolute atomic E-state index is 13.2. The van der Waals surface area contributed by atoms with Crippen molar-refractivity contribution in [3.63, 3.8) is 0 Å². The normalized spacial score (nSPS) is 12.0. The lowest BCUT2D eigenvalue weighted by molar-refractivity contribution is -0.139. The van der Waals surface area contributed by atoms with E-state index in [0.717, 1.165) is 0 Å². The Morgan fingerprint density at radius 3 is 2.67 bits per heavy atom. The summed E-state index contributed by atoms with van der Waals surface area (Å²) in [5.74, 6) is -0.976. The lowest BCUT2D eigenvalue weighted by Gasteiger charge is -2.10. The Balaban J connectivity index is 2.47. The first-order chi connectivity index (χ1) is 9.92. The van der Waals surface area contributed by atoms with E-state index in [1.807, 2.05) is 0 Å². The lowest BCUT2D eigenvalue weighted by Crippen LogP contribution is -2.08. The highest BCUT2D eigenvalue weighted by atomic mass is 79.9. The second kappa shape index (κ2) is 6.73. The van der Waals surface area contributed by atoms with Crippen LogP contribution in [0.1, 0.15) is 10.4 Å². The Kier molecular flexibility index (Phi) is 5.19. The fourth-order valence-corrected chi connectivity index (χ4v) is 2.55. The van der Waals surface area contributed by atoms with Crippen LogP contribution in [0.4, 0.5) is 4.39 Å². The molecule has 3 nitrogen and oxygen atoms in total. The van der Waals surface area contributed by atoms with Gasteiger partial charge in [-0.1, -0.05) is 39.1 Å². The Morgan fingerprint density at radius 1 is 1.33 bits per heavy atom. The minimum Gasteiger partial charge on any atom is -0.468 e. The summed E-state index contributed by atoms with van der Waals surface area (Å²) in [6, 6.07) is 7.43. The van der Waals surface area contributed by atoms with Crippen molar-refractivity contribution in [3.8, 4) is 11.3 Å². The molecule has 0 spiro atoms. The maximum atomic E-state index is 13.2. The van der Waals surface area contributed by atoms with Crippen molar-refractivity contribution in [2.45, 2.75) is 4.83 Å². The molecular weight excluding hydrogens is 384 g/mol. The molecule has 0 amide bonds. The molecule has 1 aromatic carbocycles. The van der Waals surface area contributed by atoms with Crippen molar-refractivity contribution in [1.29, 1.82) is 0 Å². The summed E-state index contributed by atoms with van der Waals surface area (Å²) in [6.45, 7) is 0. The fraction of sp³-hybridized carbons (Fsp3) is 0.143. The van der Waals surface area contributed by atoms with Gasteiger partial charge in [-0.05, 0) is 35.9 Å². The van der Waals surface area contributed by atoms with Gasteiger partial charge in [0.15, 0.2) is 0 Å². The minimum atomic E-state index is -0.669. The predicted molar refractivity (Wildman–Crippen MR) is 83.3 cm³/mol. The number of hydrogen-bond acceptors (Lipinski definition) is 3. The Hall–Kier alpha value is -1.17. The van der Waals surface area contributed by atoms with Crippen molar-refractivity contribution in [1.82, 2.24) is 4.98 Å². The molecule has 1 unspecified atom stereocenters. The molecule has 0 aliphatic carbocycles. The van der Waals surface area contributed by atoms with Gasteiger partial charge < -0.3 is 4.74 Å². The Morgan fingerprint density at radius 2 is 2.05 bits per heavy atom. The molecule has 0 N–H and O–H groups in total. The number of nitrogens with zero attached hydrogens (tertiary/aromatic N) is 1. The first-order valence-electron chi connectivity index (χ1n) is 5.77. The summed E-state index contributed by atoms with van der Waals surface area (Å²) in [7, 11) is 1.29. The number of alkyl halides is 1. The molecule has 1 aromatic heterocycles. The highest BCUT2D eigenvalue weighted by Crippen LogP contribution is 2.31. The summed E-state index contributed by atoms with van der Waals surface area (Å²) in [5.41, 5.74) is 1.65. The molecule has 0 aliphatic heterocycles. The van der Waals surface area contributed by atoms with E-state index in [-0.39, 0.29) is 10.2 Å². The van der Waals surface area contributed by atoms with Gasteiger partial charge in [0, 0.05) is 5.56 Å². The summed E-state index contributed by atoms with van der Waals surface area (Å²) < 4.78 is 17.9. The van der Waals surface area contributed by atoms with Gasteiger partial charge in [-0.15, -0.1) is 0 Å². The molecule has 7 heteroatoms. The van der Waals surface area contributed by atoms with Crippen LogP contribution in [0.3, 0.4) is 0 Å². The summed E-state index contributed by atoms with van der Waals surface area (Å²) in [6.07, 6.45) is 0. The van der Waals surface area contributed by atoms with Crippen LogP contribution in [0, 0.1) is 5.82 Å². The van der Waals surface area contributed by atoms with E-state index in [1.54, 1.807) is 12.1 Å². The second-order valence-corrected chi connectivity index (χ2v) is 5.83. The molecule has 0 saturated heterocycles. The number of aromatic nitrogens is 1. The average molecular weight is 393 g/mol. The van der Waals surface area contributed by atoms with E-state index in [2.05, 4.69) is 25.7 Å². The van der Waals surface area contributed by atoms with Crippen LogP contribution < -0.4 is 0 Å². The zero-order valence-corrected chi connectivity index (χ0v) is 13.8. The number of rotatable bonds is 3. The molecule has 2 rings (SSSR count). The third-order valence-electron chi connectivity index (χ3n) is 2.73. The maximum Gasteiger partial charge on any atom is 0.324 e. The molecule has 1 heterocycles. The molecule has 2 aromatic rings. The van der Waals surface area contributed by atoms with Crippen LogP contribution >= 0.6 is 39.1 Å². The summed E-state index contributed by atoms with van der Waals surface area (Å²) in [5, 5.41) is 0.190. The van der Waals surface area contributed by atoms with E-state index in [9.17, 15) is 9.18 Å². The first-order valence-corrected chi connectivity index (χ1v) is 7.44. The van der Waals surface area contributed by atoms with Crippen LogP contribution in [0.2, 0.25) is 10.2 Å². The molecule has 0 bridgehead atoms. The lowest BCUT2D eigenvalue weighted by atomic mass is 10.1. The third-order valence-corrected chi connectivity index (χ3v) is 4.12. The molecular formula is C14H9BrCl2FNO2. The van der Waals surface area contributed by atoms with Crippen molar-refractivity contribution in [2.75, 3.05) is 7.11 Å². The number of carbonyl (C=O) groups excluding carboxylic acids is 1. The third kappa shape index (κ3) is 3.73. The zero-order chi connectivity index (χ0) is 15.6.